The lowest BCUT2D eigenvalue weighted by atomic mass is 9.71. The average Bonchev–Trinajstić information content (AvgIpc) is 1.96. The summed E-state index contributed by atoms with van der Waals surface area (Å²) in [5.74, 6) is 0. The van der Waals surface area contributed by atoms with Gasteiger partial charge >= 0.3 is 0 Å². The van der Waals surface area contributed by atoms with Crippen LogP contribution < -0.4 is 0 Å². The van der Waals surface area contributed by atoms with Crippen LogP contribution in [0.2, 0.25) is 0 Å². The summed E-state index contributed by atoms with van der Waals surface area (Å²) in [5, 5.41) is 0. The topological polar surface area (TPSA) is 0 Å². The predicted molar refractivity (Wildman–Crippen MR) is 65.7 cm³/mol. The van der Waals surface area contributed by atoms with Crippen molar-refractivity contribution in [2.24, 2.45) is 10.8 Å². The van der Waals surface area contributed by atoms with Gasteiger partial charge in [-0.2, -0.15) is 25.3 Å². The van der Waals surface area contributed by atoms with Crippen LogP contribution >= 0.6 is 37.0 Å². The van der Waals surface area contributed by atoms with Crippen molar-refractivity contribution in [2.75, 3.05) is 0 Å². The van der Waals surface area contributed by atoms with E-state index in [1.165, 1.54) is 25.7 Å². The van der Waals surface area contributed by atoms with E-state index in [-0.39, 0.29) is 8.16 Å². The van der Waals surface area contributed by atoms with E-state index in [0.717, 1.165) is 0 Å². The van der Waals surface area contributed by atoms with Gasteiger partial charge in [0.25, 0.3) is 0 Å². The first-order chi connectivity index (χ1) is 5.79. The molecule has 2 aliphatic heterocycles. The van der Waals surface area contributed by atoms with E-state index in [1.807, 2.05) is 11.8 Å². The van der Waals surface area contributed by atoms with Gasteiger partial charge in [-0.05, 0) is 36.5 Å². The van der Waals surface area contributed by atoms with Crippen LogP contribution in [0, 0.1) is 10.8 Å². The summed E-state index contributed by atoms with van der Waals surface area (Å²) in [7, 11) is 0. The highest BCUT2D eigenvalue weighted by Crippen LogP contribution is 2.81. The first-order valence-electron chi connectivity index (χ1n) is 4.93. The van der Waals surface area contributed by atoms with Crippen LogP contribution in [0.4, 0.5) is 0 Å². The minimum Gasteiger partial charge on any atom is -0.161 e. The second-order valence-corrected chi connectivity index (χ2v) is 9.91. The third kappa shape index (κ3) is 0.993. The molecule has 74 valence electrons. The van der Waals surface area contributed by atoms with Crippen molar-refractivity contribution >= 4 is 37.0 Å². The van der Waals surface area contributed by atoms with E-state index < -0.39 is 0 Å². The summed E-state index contributed by atoms with van der Waals surface area (Å²) in [4.78, 5) is 0. The zero-order valence-electron chi connectivity index (χ0n) is 8.13. The fourth-order valence-corrected chi connectivity index (χ4v) is 8.97. The molecular weight excluding hydrogens is 216 g/mol. The molecule has 13 heavy (non-hydrogen) atoms. The molecule has 2 saturated heterocycles. The van der Waals surface area contributed by atoms with Gasteiger partial charge in [-0.15, -0.1) is 11.8 Å². The molecule has 0 nitrogen and oxygen atoms in total. The van der Waals surface area contributed by atoms with E-state index in [9.17, 15) is 0 Å². The van der Waals surface area contributed by atoms with Gasteiger partial charge in [0.05, 0.1) is 8.16 Å². The number of rotatable bonds is 0. The lowest BCUT2D eigenvalue weighted by Gasteiger charge is -2.42. The van der Waals surface area contributed by atoms with Crippen LogP contribution in [-0.2, 0) is 0 Å². The molecule has 2 aliphatic carbocycles. The monoisotopic (exact) mass is 232 g/mol. The summed E-state index contributed by atoms with van der Waals surface area (Å²) in [6.45, 7) is 4.89. The van der Waals surface area contributed by atoms with Gasteiger partial charge in [-0.25, -0.2) is 0 Å². The number of thiol groups is 2. The van der Waals surface area contributed by atoms with Crippen molar-refractivity contribution in [1.29, 1.82) is 0 Å². The Morgan fingerprint density at radius 2 is 1.15 bits per heavy atom. The van der Waals surface area contributed by atoms with E-state index in [4.69, 9.17) is 25.3 Å². The summed E-state index contributed by atoms with van der Waals surface area (Å²) >= 11 is 11.7. The second kappa shape index (κ2) is 2.10. The summed E-state index contributed by atoms with van der Waals surface area (Å²) in [5.41, 5.74) is 1.03. The molecular formula is C10H16S3. The minimum atomic E-state index is 0.238. The predicted octanol–water partition coefficient (Wildman–Crippen LogP) is 3.59. The zero-order chi connectivity index (χ0) is 9.54. The number of thioether (sulfide) groups is 1. The lowest BCUT2D eigenvalue weighted by Crippen LogP contribution is -2.33. The molecule has 4 aliphatic rings. The Morgan fingerprint density at radius 1 is 0.846 bits per heavy atom. The van der Waals surface area contributed by atoms with Crippen LogP contribution in [0.1, 0.15) is 39.5 Å². The first-order valence-corrected chi connectivity index (χ1v) is 6.64. The van der Waals surface area contributed by atoms with E-state index >= 15 is 0 Å². The molecule has 4 bridgehead atoms. The van der Waals surface area contributed by atoms with Crippen molar-refractivity contribution in [3.8, 4) is 0 Å². The number of hydrogen-bond donors (Lipinski definition) is 2. The van der Waals surface area contributed by atoms with Gasteiger partial charge in [-0.1, -0.05) is 13.8 Å². The second-order valence-electron chi connectivity index (χ2n) is 5.82. The van der Waals surface area contributed by atoms with Crippen molar-refractivity contribution in [3.63, 3.8) is 0 Å². The average molecular weight is 232 g/mol. The van der Waals surface area contributed by atoms with Gasteiger partial charge in [-0.3, -0.25) is 0 Å². The molecule has 0 spiro atoms. The Kier molecular flexibility index (Phi) is 1.50. The van der Waals surface area contributed by atoms with Gasteiger partial charge in [0, 0.05) is 0 Å². The first kappa shape index (κ1) is 9.29. The Morgan fingerprint density at radius 3 is 1.38 bits per heavy atom. The highest BCUT2D eigenvalue weighted by molar-refractivity contribution is 8.19. The summed E-state index contributed by atoms with van der Waals surface area (Å²) in [6.07, 6.45) is 5.14. The zero-order valence-corrected chi connectivity index (χ0v) is 10.7. The van der Waals surface area contributed by atoms with E-state index in [1.54, 1.807) is 0 Å². The van der Waals surface area contributed by atoms with Gasteiger partial charge < -0.3 is 0 Å². The molecule has 0 aromatic carbocycles. The van der Waals surface area contributed by atoms with Crippen LogP contribution in [0.25, 0.3) is 0 Å². The van der Waals surface area contributed by atoms with E-state index in [0.29, 0.717) is 10.8 Å². The maximum absolute atomic E-state index is 4.86. The Balaban J connectivity index is 2.14. The lowest BCUT2D eigenvalue weighted by molar-refractivity contribution is 0.157. The van der Waals surface area contributed by atoms with Crippen LogP contribution in [0.3, 0.4) is 0 Å². The molecule has 3 heteroatoms. The Bertz CT molecular complexity index is 244. The quantitative estimate of drug-likeness (QED) is 0.602. The normalized spacial score (nSPS) is 69.2. The third-order valence-electron chi connectivity index (χ3n) is 4.50. The fraction of sp³-hybridized carbons (Fsp3) is 1.00. The molecule has 0 unspecified atom stereocenters. The largest absolute Gasteiger partial charge is 0.161 e. The maximum Gasteiger partial charge on any atom is 0.0606 e. The van der Waals surface area contributed by atoms with Gasteiger partial charge in [0.15, 0.2) is 0 Å². The molecule has 0 amide bonds. The number of hydrogen-bond acceptors (Lipinski definition) is 3. The highest BCUT2D eigenvalue weighted by atomic mass is 32.2. The standard InChI is InChI=1S/C10H16S3/c1-7-3-9(11)5-8(7,2)6-10(12,4-7)13-9/h11-12H,3-6H2,1-2H3. The van der Waals surface area contributed by atoms with Gasteiger partial charge in [0.2, 0.25) is 0 Å². The molecule has 2 heterocycles. The Hall–Kier alpha value is 1.05. The van der Waals surface area contributed by atoms with Crippen molar-refractivity contribution < 1.29 is 0 Å². The molecule has 2 saturated carbocycles. The molecule has 4 rings (SSSR count). The Labute approximate surface area is 95.4 Å². The molecule has 0 aromatic rings. The van der Waals surface area contributed by atoms with Crippen LogP contribution in [0.15, 0.2) is 0 Å². The molecule has 0 atom stereocenters. The minimum absolute atomic E-state index is 0.238. The van der Waals surface area contributed by atoms with Crippen molar-refractivity contribution in [3.05, 3.63) is 0 Å². The van der Waals surface area contributed by atoms with Crippen molar-refractivity contribution in [1.82, 2.24) is 0 Å². The smallest absolute Gasteiger partial charge is 0.0606 e. The molecule has 0 aromatic heterocycles. The molecule has 0 N–H and O–H groups in total. The molecule has 4 fully saturated rings. The third-order valence-corrected chi connectivity index (χ3v) is 7.02. The summed E-state index contributed by atoms with van der Waals surface area (Å²) < 4.78 is 0.476. The molecule has 0 radical (unpaired) electrons. The highest BCUT2D eigenvalue weighted by Gasteiger charge is 2.71. The van der Waals surface area contributed by atoms with E-state index in [2.05, 4.69) is 13.8 Å². The maximum atomic E-state index is 4.86. The van der Waals surface area contributed by atoms with Crippen LogP contribution in [0.5, 0.6) is 0 Å². The van der Waals surface area contributed by atoms with Crippen LogP contribution in [-0.4, -0.2) is 8.16 Å². The summed E-state index contributed by atoms with van der Waals surface area (Å²) in [6, 6.07) is 0. The fourth-order valence-electron chi connectivity index (χ4n) is 4.04. The van der Waals surface area contributed by atoms with Crippen molar-refractivity contribution in [2.45, 2.75) is 47.7 Å². The SMILES string of the molecule is CC12CC3(S)CC1(C)CC(S)(C2)S3. The van der Waals surface area contributed by atoms with Gasteiger partial charge in [0.1, 0.15) is 0 Å².